The summed E-state index contributed by atoms with van der Waals surface area (Å²) in [6.45, 7) is 5.59. The maximum Gasteiger partial charge on any atom is 0.290 e. The summed E-state index contributed by atoms with van der Waals surface area (Å²) in [6, 6.07) is 18.8. The third-order valence-electron chi connectivity index (χ3n) is 6.67. The maximum absolute atomic E-state index is 13.4. The van der Waals surface area contributed by atoms with Gasteiger partial charge in [0.1, 0.15) is 6.04 Å². The third-order valence-corrected chi connectivity index (χ3v) is 6.67. The molecule has 2 unspecified atom stereocenters. The van der Waals surface area contributed by atoms with Crippen LogP contribution in [0.4, 0.5) is 5.69 Å². The number of rotatable bonds is 5. The molecule has 2 aliphatic rings. The van der Waals surface area contributed by atoms with E-state index in [9.17, 15) is 9.59 Å². The topological polar surface area (TPSA) is 75.0 Å². The minimum Gasteiger partial charge on any atom is -0.459 e. The van der Waals surface area contributed by atoms with E-state index in [1.54, 1.807) is 17.0 Å². The van der Waals surface area contributed by atoms with Gasteiger partial charge in [-0.2, -0.15) is 0 Å². The minimum atomic E-state index is -0.609. The number of nitrogens with zero attached hydrogens (tertiary/aromatic N) is 2. The van der Waals surface area contributed by atoms with Crippen molar-refractivity contribution in [1.82, 2.24) is 10.2 Å². The molecule has 1 fully saturated rings. The van der Waals surface area contributed by atoms with Crippen molar-refractivity contribution in [2.24, 2.45) is 0 Å². The van der Waals surface area contributed by atoms with Gasteiger partial charge in [0.05, 0.1) is 25.5 Å². The van der Waals surface area contributed by atoms with Gasteiger partial charge in [0.2, 0.25) is 5.91 Å². The Morgan fingerprint density at radius 2 is 1.71 bits per heavy atom. The molecular weight excluding hydrogens is 430 g/mol. The van der Waals surface area contributed by atoms with Gasteiger partial charge in [-0.25, -0.2) is 0 Å². The molecule has 34 heavy (non-hydrogen) atoms. The van der Waals surface area contributed by atoms with Crippen molar-refractivity contribution in [3.05, 3.63) is 89.4 Å². The lowest BCUT2D eigenvalue weighted by Gasteiger charge is -2.36. The first kappa shape index (κ1) is 22.2. The molecule has 0 bridgehead atoms. The normalized spacial score (nSPS) is 18.8. The molecule has 0 radical (unpaired) electrons. The molecule has 2 amide bonds. The molecule has 3 aromatic rings. The Morgan fingerprint density at radius 1 is 0.971 bits per heavy atom. The van der Waals surface area contributed by atoms with Crippen LogP contribution in [0.3, 0.4) is 0 Å². The second-order valence-corrected chi connectivity index (χ2v) is 8.82. The summed E-state index contributed by atoms with van der Waals surface area (Å²) >= 11 is 0. The van der Waals surface area contributed by atoms with Crippen LogP contribution in [0.1, 0.15) is 40.2 Å². The predicted octanol–water partition coefficient (Wildman–Crippen LogP) is 3.56. The van der Waals surface area contributed by atoms with Gasteiger partial charge < -0.3 is 24.3 Å². The molecule has 2 atom stereocenters. The van der Waals surface area contributed by atoms with E-state index in [1.807, 2.05) is 31.2 Å². The van der Waals surface area contributed by atoms with Crippen LogP contribution >= 0.6 is 0 Å². The number of morpholine rings is 1. The number of fused-ring (bicyclic) bond motifs is 1. The zero-order valence-corrected chi connectivity index (χ0v) is 19.3. The van der Waals surface area contributed by atoms with E-state index < -0.39 is 6.04 Å². The Morgan fingerprint density at radius 3 is 2.41 bits per heavy atom. The molecule has 2 aliphatic heterocycles. The summed E-state index contributed by atoms with van der Waals surface area (Å²) in [5, 5.41) is 3.13. The summed E-state index contributed by atoms with van der Waals surface area (Å²) < 4.78 is 10.8. The predicted molar refractivity (Wildman–Crippen MR) is 129 cm³/mol. The first-order valence-corrected chi connectivity index (χ1v) is 11.7. The van der Waals surface area contributed by atoms with Crippen LogP contribution in [0, 0.1) is 0 Å². The van der Waals surface area contributed by atoms with Crippen LogP contribution < -0.4 is 10.2 Å². The van der Waals surface area contributed by atoms with Gasteiger partial charge >= 0.3 is 0 Å². The lowest BCUT2D eigenvalue weighted by atomic mass is 9.93. The third kappa shape index (κ3) is 4.56. The van der Waals surface area contributed by atoms with Crippen LogP contribution in [0.15, 0.2) is 71.3 Å². The number of amides is 2. The standard InChI is InChI=1S/C27H29N3O4/c1-19(20-8-10-23(11-9-20)29-12-15-33-16-13-29)28-26(31)24-17-21-5-2-3-6-22(21)18-30(24)27(32)25-7-4-14-34-25/h2-11,14,19,24H,12-13,15-18H2,1H3,(H,28,31). The van der Waals surface area contributed by atoms with Gasteiger partial charge in [0, 0.05) is 31.7 Å². The molecule has 1 N–H and O–H groups in total. The van der Waals surface area contributed by atoms with Crippen molar-refractivity contribution < 1.29 is 18.7 Å². The van der Waals surface area contributed by atoms with Crippen molar-refractivity contribution >= 4 is 17.5 Å². The highest BCUT2D eigenvalue weighted by Gasteiger charge is 2.36. The zero-order valence-electron chi connectivity index (χ0n) is 19.3. The van der Waals surface area contributed by atoms with Crippen LogP contribution in [-0.2, 0) is 22.5 Å². The highest BCUT2D eigenvalue weighted by atomic mass is 16.5. The summed E-state index contributed by atoms with van der Waals surface area (Å²) in [7, 11) is 0. The highest BCUT2D eigenvalue weighted by molar-refractivity contribution is 5.96. The maximum atomic E-state index is 13.4. The van der Waals surface area contributed by atoms with Crippen molar-refractivity contribution in [2.75, 3.05) is 31.2 Å². The van der Waals surface area contributed by atoms with E-state index in [0.29, 0.717) is 13.0 Å². The van der Waals surface area contributed by atoms with E-state index >= 15 is 0 Å². The summed E-state index contributed by atoms with van der Waals surface area (Å²) in [5.41, 5.74) is 4.32. The molecule has 5 rings (SSSR count). The van der Waals surface area contributed by atoms with E-state index in [0.717, 1.165) is 48.7 Å². The molecule has 2 aromatic carbocycles. The largest absolute Gasteiger partial charge is 0.459 e. The number of furan rings is 1. The Kier molecular flexibility index (Phi) is 6.36. The summed E-state index contributed by atoms with van der Waals surface area (Å²) in [5.74, 6) is -0.203. The van der Waals surface area contributed by atoms with Gasteiger partial charge in [-0.05, 0) is 47.9 Å². The first-order chi connectivity index (χ1) is 16.6. The SMILES string of the molecule is CC(NC(=O)C1Cc2ccccc2CN1C(=O)c1ccco1)c1ccc(N2CCOCC2)cc1. The molecule has 0 saturated carbocycles. The monoisotopic (exact) mass is 459 g/mol. The Labute approximate surface area is 199 Å². The minimum absolute atomic E-state index is 0.167. The fraction of sp³-hybridized carbons (Fsp3) is 0.333. The molecule has 176 valence electrons. The lowest BCUT2D eigenvalue weighted by Crippen LogP contribution is -2.52. The molecule has 0 spiro atoms. The van der Waals surface area contributed by atoms with Gasteiger partial charge in [0.15, 0.2) is 5.76 Å². The van der Waals surface area contributed by atoms with E-state index in [4.69, 9.17) is 9.15 Å². The molecule has 1 saturated heterocycles. The average Bonchev–Trinajstić information content (AvgIpc) is 3.43. The first-order valence-electron chi connectivity index (χ1n) is 11.7. The van der Waals surface area contributed by atoms with Crippen LogP contribution in [0.2, 0.25) is 0 Å². The quantitative estimate of drug-likeness (QED) is 0.632. The van der Waals surface area contributed by atoms with Crippen molar-refractivity contribution in [3.63, 3.8) is 0 Å². The molecular formula is C27H29N3O4. The van der Waals surface area contributed by atoms with Crippen molar-refractivity contribution in [3.8, 4) is 0 Å². The number of hydrogen-bond acceptors (Lipinski definition) is 5. The Hall–Kier alpha value is -3.58. The van der Waals surface area contributed by atoms with Gasteiger partial charge in [0.25, 0.3) is 5.91 Å². The van der Waals surface area contributed by atoms with Crippen LogP contribution in [-0.4, -0.2) is 49.1 Å². The van der Waals surface area contributed by atoms with Gasteiger partial charge in [-0.1, -0.05) is 36.4 Å². The average molecular weight is 460 g/mol. The van der Waals surface area contributed by atoms with Gasteiger partial charge in [-0.3, -0.25) is 9.59 Å². The highest BCUT2D eigenvalue weighted by Crippen LogP contribution is 2.26. The Balaban J connectivity index is 1.32. The number of nitrogens with one attached hydrogen (secondary N) is 1. The smallest absolute Gasteiger partial charge is 0.290 e. The fourth-order valence-corrected chi connectivity index (χ4v) is 4.70. The molecule has 7 nitrogen and oxygen atoms in total. The molecule has 7 heteroatoms. The number of anilines is 1. The summed E-state index contributed by atoms with van der Waals surface area (Å²) in [6.07, 6.45) is 1.94. The zero-order chi connectivity index (χ0) is 23.5. The second kappa shape index (κ2) is 9.73. The Bertz CT molecular complexity index is 1140. The number of hydrogen-bond donors (Lipinski definition) is 1. The number of carbonyl (C=O) groups excluding carboxylic acids is 2. The van der Waals surface area contributed by atoms with Gasteiger partial charge in [-0.15, -0.1) is 0 Å². The molecule has 3 heterocycles. The number of ether oxygens (including phenoxy) is 1. The second-order valence-electron chi connectivity index (χ2n) is 8.82. The van der Waals surface area contributed by atoms with E-state index in [1.165, 1.54) is 6.26 Å². The summed E-state index contributed by atoms with van der Waals surface area (Å²) in [4.78, 5) is 30.5. The van der Waals surface area contributed by atoms with Crippen LogP contribution in [0.5, 0.6) is 0 Å². The fourth-order valence-electron chi connectivity index (χ4n) is 4.70. The molecule has 1 aromatic heterocycles. The number of carbonyl (C=O) groups is 2. The molecule has 0 aliphatic carbocycles. The van der Waals surface area contributed by atoms with E-state index in [-0.39, 0.29) is 23.6 Å². The van der Waals surface area contributed by atoms with Crippen LogP contribution in [0.25, 0.3) is 0 Å². The van der Waals surface area contributed by atoms with Crippen molar-refractivity contribution in [1.29, 1.82) is 0 Å². The number of benzene rings is 2. The van der Waals surface area contributed by atoms with Crippen molar-refractivity contribution in [2.45, 2.75) is 32.0 Å². The van der Waals surface area contributed by atoms with E-state index in [2.05, 4.69) is 34.5 Å². The lowest BCUT2D eigenvalue weighted by molar-refractivity contribution is -0.126.